The Labute approximate surface area is 265 Å². The first kappa shape index (κ1) is 32.4. The highest BCUT2D eigenvalue weighted by Gasteiger charge is 2.51. The number of nitrogens with zero attached hydrogens (tertiary/aromatic N) is 3. The van der Waals surface area contributed by atoms with E-state index >= 15 is 0 Å². The van der Waals surface area contributed by atoms with Crippen LogP contribution in [0.4, 0.5) is 24.7 Å². The van der Waals surface area contributed by atoms with Gasteiger partial charge in [-0.1, -0.05) is 23.5 Å². The number of hydrogen-bond donors (Lipinski definition) is 3. The smallest absolute Gasteiger partial charge is 0.412 e. The quantitative estimate of drug-likeness (QED) is 0.282. The molecule has 2 bridgehead atoms. The van der Waals surface area contributed by atoms with Crippen LogP contribution in [0, 0.1) is 5.82 Å². The molecule has 5 rings (SSSR count). The van der Waals surface area contributed by atoms with Crippen molar-refractivity contribution in [2.45, 2.75) is 96.2 Å². The summed E-state index contributed by atoms with van der Waals surface area (Å²) >= 11 is 0.962. The lowest BCUT2D eigenvalue weighted by Gasteiger charge is -2.38. The maximum Gasteiger partial charge on any atom is 0.412 e. The van der Waals surface area contributed by atoms with Gasteiger partial charge in [-0.05, 0) is 79.4 Å². The Balaban J connectivity index is 1.38. The number of ether oxygens (including phenoxy) is 3. The molecule has 2 saturated heterocycles. The second-order valence-electron chi connectivity index (χ2n) is 13.3. The summed E-state index contributed by atoms with van der Waals surface area (Å²) in [5.74, 6) is -1.14. The zero-order chi connectivity index (χ0) is 32.7. The van der Waals surface area contributed by atoms with E-state index in [-0.39, 0.29) is 33.4 Å². The Morgan fingerprint density at radius 3 is 2.38 bits per heavy atom. The van der Waals surface area contributed by atoms with Gasteiger partial charge < -0.3 is 24.8 Å². The highest BCUT2D eigenvalue weighted by molar-refractivity contribution is 7.19. The molecule has 0 radical (unpaired) electrons. The molecule has 0 saturated carbocycles. The fraction of sp³-hybridized carbons (Fsp3) is 0.516. The molecule has 0 unspecified atom stereocenters. The number of carbonyl (C=O) groups is 3. The number of hydrogen-bond acceptors (Lipinski definition) is 9. The van der Waals surface area contributed by atoms with Crippen LogP contribution < -0.4 is 16.0 Å². The van der Waals surface area contributed by atoms with Crippen molar-refractivity contribution in [1.29, 1.82) is 0 Å². The Morgan fingerprint density at radius 2 is 1.69 bits per heavy atom. The molecule has 12 nitrogen and oxygen atoms in total. The van der Waals surface area contributed by atoms with Gasteiger partial charge in [0.2, 0.25) is 0 Å². The summed E-state index contributed by atoms with van der Waals surface area (Å²) < 4.78 is 33.7. The minimum absolute atomic E-state index is 0.105. The normalized spacial score (nSPS) is 21.2. The standard InChI is InChI=1S/C31H39FN6O6S/c1-29(2,3)43-27(40)35-19-12-14-31(15-13-21(19)42-31)23-20(16-33-38(23)7)34-24(39)22-26(37-28(41)44-30(4,5)6)45-25(36-22)17-10-8-9-11-18(17)32/h8-11,16,19,21H,12-15H2,1-7H3,(H,34,39)(H,35,40)(H,37,41)/t19-,21-,31-/m1/s1. The Bertz CT molecular complexity index is 1610. The summed E-state index contributed by atoms with van der Waals surface area (Å²) in [4.78, 5) is 43.3. The number of benzene rings is 1. The average Bonchev–Trinajstić information content (AvgIpc) is 3.60. The third-order valence-corrected chi connectivity index (χ3v) is 8.40. The van der Waals surface area contributed by atoms with E-state index < -0.39 is 40.7 Å². The molecule has 2 fully saturated rings. The van der Waals surface area contributed by atoms with Crippen LogP contribution in [-0.2, 0) is 26.9 Å². The van der Waals surface area contributed by atoms with Crippen molar-refractivity contribution in [3.63, 3.8) is 0 Å². The molecule has 0 aliphatic carbocycles. The summed E-state index contributed by atoms with van der Waals surface area (Å²) in [6, 6.07) is 5.85. The largest absolute Gasteiger partial charge is 0.444 e. The topological polar surface area (TPSA) is 146 Å². The molecule has 2 aliphatic rings. The number of anilines is 2. The third-order valence-electron chi connectivity index (χ3n) is 7.40. The molecular formula is C31H39FN6O6S. The Kier molecular flexibility index (Phi) is 8.66. The van der Waals surface area contributed by atoms with Crippen LogP contribution in [0.3, 0.4) is 0 Å². The first-order valence-corrected chi connectivity index (χ1v) is 15.6. The summed E-state index contributed by atoms with van der Waals surface area (Å²) in [5.41, 5.74) is -0.941. The summed E-state index contributed by atoms with van der Waals surface area (Å²) in [7, 11) is 1.77. The van der Waals surface area contributed by atoms with Crippen molar-refractivity contribution >= 4 is 40.1 Å². The van der Waals surface area contributed by atoms with Crippen LogP contribution in [0.2, 0.25) is 0 Å². The highest BCUT2D eigenvalue weighted by atomic mass is 32.1. The van der Waals surface area contributed by atoms with Gasteiger partial charge in [0.05, 0.1) is 29.7 Å². The van der Waals surface area contributed by atoms with Gasteiger partial charge in [-0.15, -0.1) is 0 Å². The van der Waals surface area contributed by atoms with Crippen LogP contribution in [0.25, 0.3) is 10.6 Å². The first-order chi connectivity index (χ1) is 21.0. The van der Waals surface area contributed by atoms with Gasteiger partial charge in [0.25, 0.3) is 5.91 Å². The number of amides is 3. The molecule has 3 N–H and O–H groups in total. The molecule has 3 aromatic rings. The monoisotopic (exact) mass is 642 g/mol. The molecule has 242 valence electrons. The molecule has 45 heavy (non-hydrogen) atoms. The van der Waals surface area contributed by atoms with Gasteiger partial charge >= 0.3 is 12.2 Å². The molecule has 2 aromatic heterocycles. The second kappa shape index (κ2) is 12.0. The van der Waals surface area contributed by atoms with E-state index in [1.165, 1.54) is 12.3 Å². The maximum atomic E-state index is 14.7. The van der Waals surface area contributed by atoms with Crippen LogP contribution >= 0.6 is 11.3 Å². The third kappa shape index (κ3) is 7.28. The van der Waals surface area contributed by atoms with E-state index in [1.807, 2.05) is 20.8 Å². The summed E-state index contributed by atoms with van der Waals surface area (Å²) in [6.07, 6.45) is 2.61. The van der Waals surface area contributed by atoms with Crippen molar-refractivity contribution in [2.75, 3.05) is 10.6 Å². The summed E-state index contributed by atoms with van der Waals surface area (Å²) in [5, 5.41) is 13.2. The number of alkyl carbamates (subject to hydrolysis) is 1. The molecule has 1 aromatic carbocycles. The first-order valence-electron chi connectivity index (χ1n) is 14.8. The zero-order valence-corrected chi connectivity index (χ0v) is 27.3. The van der Waals surface area contributed by atoms with Crippen molar-refractivity contribution < 1.29 is 33.0 Å². The van der Waals surface area contributed by atoms with E-state index in [0.29, 0.717) is 37.1 Å². The van der Waals surface area contributed by atoms with E-state index in [0.717, 1.165) is 11.3 Å². The second-order valence-corrected chi connectivity index (χ2v) is 14.3. The molecule has 0 spiro atoms. The predicted octanol–water partition coefficient (Wildman–Crippen LogP) is 6.34. The van der Waals surface area contributed by atoms with E-state index in [9.17, 15) is 18.8 Å². The fourth-order valence-corrected chi connectivity index (χ4v) is 6.67. The van der Waals surface area contributed by atoms with Crippen molar-refractivity contribution in [3.05, 3.63) is 47.7 Å². The van der Waals surface area contributed by atoms with E-state index in [4.69, 9.17) is 14.2 Å². The number of aromatic nitrogens is 3. The summed E-state index contributed by atoms with van der Waals surface area (Å²) in [6.45, 7) is 10.6. The minimum atomic E-state index is -0.782. The molecule has 3 amide bonds. The van der Waals surface area contributed by atoms with Gasteiger partial charge in [0.15, 0.2) is 5.69 Å². The molecular weight excluding hydrogens is 603 g/mol. The number of fused-ring (bicyclic) bond motifs is 2. The average molecular weight is 643 g/mol. The number of carbonyl (C=O) groups excluding carboxylic acids is 3. The van der Waals surface area contributed by atoms with Crippen molar-refractivity contribution in [3.8, 4) is 10.6 Å². The number of thiazole rings is 1. The van der Waals surface area contributed by atoms with Crippen LogP contribution in [-0.4, -0.2) is 56.2 Å². The zero-order valence-electron chi connectivity index (χ0n) is 26.4. The molecule has 2 aliphatic heterocycles. The maximum absolute atomic E-state index is 14.7. The van der Waals surface area contributed by atoms with Gasteiger partial charge in [-0.2, -0.15) is 5.10 Å². The number of halogens is 1. The molecule has 4 heterocycles. The van der Waals surface area contributed by atoms with Crippen LogP contribution in [0.5, 0.6) is 0 Å². The lowest BCUT2D eigenvalue weighted by atomic mass is 9.89. The van der Waals surface area contributed by atoms with Gasteiger partial charge in [0, 0.05) is 12.6 Å². The highest BCUT2D eigenvalue weighted by Crippen LogP contribution is 2.50. The lowest BCUT2D eigenvalue weighted by Crippen LogP contribution is -2.49. The fourth-order valence-electron chi connectivity index (χ4n) is 5.70. The number of aryl methyl sites for hydroxylation is 1. The van der Waals surface area contributed by atoms with Gasteiger partial charge in [0.1, 0.15) is 32.6 Å². The number of rotatable bonds is 6. The SMILES string of the molecule is Cn1ncc(NC(=O)c2nc(-c3ccccc3F)sc2NC(=O)OC(C)(C)C)c1[C@@]12CC[C@@H](NC(=O)OC(C)(C)C)[C@@H](CC1)O2. The van der Waals surface area contributed by atoms with Crippen molar-refractivity contribution in [1.82, 2.24) is 20.1 Å². The predicted molar refractivity (Wildman–Crippen MR) is 167 cm³/mol. The van der Waals surface area contributed by atoms with Crippen LogP contribution in [0.15, 0.2) is 30.5 Å². The Morgan fingerprint density at radius 1 is 1.02 bits per heavy atom. The van der Waals surface area contributed by atoms with Crippen molar-refractivity contribution in [2.24, 2.45) is 7.05 Å². The van der Waals surface area contributed by atoms with E-state index in [2.05, 4.69) is 26.0 Å². The lowest BCUT2D eigenvalue weighted by molar-refractivity contribution is -0.1000. The van der Waals surface area contributed by atoms with Gasteiger partial charge in [-0.25, -0.2) is 19.0 Å². The van der Waals surface area contributed by atoms with Crippen LogP contribution in [0.1, 0.15) is 83.4 Å². The molecule has 3 atom stereocenters. The molecule has 14 heteroatoms. The van der Waals surface area contributed by atoms with E-state index in [1.54, 1.807) is 50.7 Å². The Hall–Kier alpha value is -4.04. The van der Waals surface area contributed by atoms with Gasteiger partial charge in [-0.3, -0.25) is 14.8 Å². The minimum Gasteiger partial charge on any atom is -0.444 e. The number of nitrogens with one attached hydrogen (secondary N) is 3.